The van der Waals surface area contributed by atoms with Gasteiger partial charge in [-0.15, -0.1) is 0 Å². The van der Waals surface area contributed by atoms with Crippen LogP contribution in [0.15, 0.2) is 52.3 Å². The van der Waals surface area contributed by atoms with Gasteiger partial charge >= 0.3 is 11.9 Å². The first kappa shape index (κ1) is 15.9. The van der Waals surface area contributed by atoms with Gasteiger partial charge in [0.1, 0.15) is 0 Å². The van der Waals surface area contributed by atoms with Gasteiger partial charge in [0.15, 0.2) is 0 Å². The second-order valence-corrected chi connectivity index (χ2v) is 5.70. The Bertz CT molecular complexity index is 698. The van der Waals surface area contributed by atoms with Crippen molar-refractivity contribution in [2.24, 2.45) is 0 Å². The first-order chi connectivity index (χ1) is 10.5. The van der Waals surface area contributed by atoms with Crippen molar-refractivity contribution in [3.8, 4) is 0 Å². The Labute approximate surface area is 132 Å². The number of anilines is 1. The van der Waals surface area contributed by atoms with Gasteiger partial charge in [0.25, 0.3) is 0 Å². The quantitative estimate of drug-likeness (QED) is 0.651. The van der Waals surface area contributed by atoms with E-state index in [0.717, 1.165) is 15.4 Å². The maximum atomic E-state index is 11.5. The molecule has 0 heterocycles. The van der Waals surface area contributed by atoms with Crippen LogP contribution in [-0.2, 0) is 16.0 Å². The fourth-order valence-corrected chi connectivity index (χ4v) is 2.75. The Balaban J connectivity index is 2.12. The molecule has 2 aromatic carbocycles. The summed E-state index contributed by atoms with van der Waals surface area (Å²) < 4.78 is 4.65. The Morgan fingerprint density at radius 2 is 1.77 bits per heavy atom. The fourth-order valence-electron chi connectivity index (χ4n) is 1.89. The molecule has 0 fully saturated rings. The van der Waals surface area contributed by atoms with E-state index in [0.29, 0.717) is 11.3 Å². The number of ether oxygens (including phenoxy) is 1. The van der Waals surface area contributed by atoms with E-state index in [-0.39, 0.29) is 6.42 Å². The van der Waals surface area contributed by atoms with Crippen LogP contribution in [0.4, 0.5) is 5.69 Å². The van der Waals surface area contributed by atoms with Crippen molar-refractivity contribution in [2.45, 2.75) is 16.2 Å². The van der Waals surface area contributed by atoms with E-state index in [1.54, 1.807) is 30.3 Å². The molecule has 0 unspecified atom stereocenters. The van der Waals surface area contributed by atoms with Crippen LogP contribution < -0.4 is 5.73 Å². The zero-order chi connectivity index (χ0) is 16.1. The molecule has 22 heavy (non-hydrogen) atoms. The molecule has 0 aliphatic carbocycles. The van der Waals surface area contributed by atoms with Crippen LogP contribution in [0.1, 0.15) is 15.9 Å². The first-order valence-corrected chi connectivity index (χ1v) is 7.27. The summed E-state index contributed by atoms with van der Waals surface area (Å²) in [5, 5.41) is 8.74. The second kappa shape index (κ2) is 7.00. The van der Waals surface area contributed by atoms with Crippen molar-refractivity contribution in [3.63, 3.8) is 0 Å². The van der Waals surface area contributed by atoms with E-state index in [1.165, 1.54) is 18.9 Å². The van der Waals surface area contributed by atoms with Crippen LogP contribution in [0, 0.1) is 0 Å². The molecule has 6 heteroatoms. The Morgan fingerprint density at radius 1 is 1.14 bits per heavy atom. The van der Waals surface area contributed by atoms with Crippen molar-refractivity contribution in [3.05, 3.63) is 53.6 Å². The van der Waals surface area contributed by atoms with Crippen LogP contribution in [0.3, 0.4) is 0 Å². The monoisotopic (exact) mass is 317 g/mol. The highest BCUT2D eigenvalue weighted by atomic mass is 32.2. The number of hydrogen-bond acceptors (Lipinski definition) is 5. The van der Waals surface area contributed by atoms with Gasteiger partial charge < -0.3 is 15.6 Å². The predicted molar refractivity (Wildman–Crippen MR) is 84.1 cm³/mol. The third-order valence-corrected chi connectivity index (χ3v) is 3.94. The standard InChI is InChI=1S/C16H15NO4S/c1-21-16(20)13-7-6-12(9-14(13)17)22-11-4-2-10(3-5-11)8-15(18)19/h2-7,9H,8,17H2,1H3,(H,18,19). The van der Waals surface area contributed by atoms with Crippen LogP contribution >= 0.6 is 11.8 Å². The van der Waals surface area contributed by atoms with Gasteiger partial charge in [-0.25, -0.2) is 4.79 Å². The normalized spacial score (nSPS) is 10.2. The van der Waals surface area contributed by atoms with E-state index in [2.05, 4.69) is 4.74 Å². The number of esters is 1. The first-order valence-electron chi connectivity index (χ1n) is 6.46. The number of carbonyl (C=O) groups excluding carboxylic acids is 1. The number of methoxy groups -OCH3 is 1. The van der Waals surface area contributed by atoms with Crippen LogP contribution in [-0.4, -0.2) is 24.2 Å². The number of aliphatic carboxylic acids is 1. The second-order valence-electron chi connectivity index (χ2n) is 4.56. The van der Waals surface area contributed by atoms with Crippen molar-refractivity contribution in [1.82, 2.24) is 0 Å². The van der Waals surface area contributed by atoms with Gasteiger partial charge in [-0.05, 0) is 35.9 Å². The van der Waals surface area contributed by atoms with E-state index in [1.807, 2.05) is 12.1 Å². The molecule has 2 rings (SSSR count). The summed E-state index contributed by atoms with van der Waals surface area (Å²) in [6.07, 6.45) is 0.00568. The lowest BCUT2D eigenvalue weighted by atomic mass is 10.2. The van der Waals surface area contributed by atoms with Crippen LogP contribution in [0.5, 0.6) is 0 Å². The summed E-state index contributed by atoms with van der Waals surface area (Å²) in [5.41, 5.74) is 7.30. The molecule has 0 amide bonds. The highest BCUT2D eigenvalue weighted by molar-refractivity contribution is 7.99. The molecule has 5 nitrogen and oxygen atoms in total. The Kier molecular flexibility index (Phi) is 5.06. The SMILES string of the molecule is COC(=O)c1ccc(Sc2ccc(CC(=O)O)cc2)cc1N. The highest BCUT2D eigenvalue weighted by Crippen LogP contribution is 2.30. The lowest BCUT2D eigenvalue weighted by Crippen LogP contribution is -2.05. The van der Waals surface area contributed by atoms with E-state index < -0.39 is 11.9 Å². The van der Waals surface area contributed by atoms with Gasteiger partial charge in [-0.3, -0.25) is 4.79 Å². The minimum atomic E-state index is -0.855. The maximum absolute atomic E-state index is 11.5. The maximum Gasteiger partial charge on any atom is 0.339 e. The van der Waals surface area contributed by atoms with Gasteiger partial charge in [0.05, 0.1) is 19.1 Å². The fraction of sp³-hybridized carbons (Fsp3) is 0.125. The number of nitrogen functional groups attached to an aromatic ring is 1. The predicted octanol–water partition coefficient (Wildman–Crippen LogP) is 2.83. The molecule has 114 valence electrons. The molecule has 0 aromatic heterocycles. The van der Waals surface area contributed by atoms with Crippen molar-refractivity contribution < 1.29 is 19.4 Å². The average molecular weight is 317 g/mol. The number of nitrogens with two attached hydrogens (primary N) is 1. The molecule has 0 bridgehead atoms. The van der Waals surface area contributed by atoms with Crippen LogP contribution in [0.2, 0.25) is 0 Å². The van der Waals surface area contributed by atoms with E-state index in [4.69, 9.17) is 10.8 Å². The topological polar surface area (TPSA) is 89.6 Å². The van der Waals surface area contributed by atoms with Crippen molar-refractivity contribution in [1.29, 1.82) is 0 Å². The molecule has 2 aromatic rings. The number of hydrogen-bond donors (Lipinski definition) is 2. The Morgan fingerprint density at radius 3 is 2.32 bits per heavy atom. The zero-order valence-corrected chi connectivity index (χ0v) is 12.7. The number of rotatable bonds is 5. The summed E-state index contributed by atoms with van der Waals surface area (Å²) in [6, 6.07) is 12.4. The number of carboxylic acid groups (broad SMARTS) is 1. The smallest absolute Gasteiger partial charge is 0.339 e. The van der Waals surface area contributed by atoms with Crippen molar-refractivity contribution in [2.75, 3.05) is 12.8 Å². The lowest BCUT2D eigenvalue weighted by molar-refractivity contribution is -0.136. The average Bonchev–Trinajstić information content (AvgIpc) is 2.48. The summed E-state index contributed by atoms with van der Waals surface area (Å²) in [6.45, 7) is 0. The van der Waals surface area contributed by atoms with Gasteiger partial charge in [-0.1, -0.05) is 23.9 Å². The number of carboxylic acids is 1. The molecule has 0 aliphatic rings. The summed E-state index contributed by atoms with van der Waals surface area (Å²) >= 11 is 1.48. The largest absolute Gasteiger partial charge is 0.481 e. The third-order valence-electron chi connectivity index (χ3n) is 2.94. The lowest BCUT2D eigenvalue weighted by Gasteiger charge is -2.07. The van der Waals surface area contributed by atoms with Gasteiger partial charge in [0.2, 0.25) is 0 Å². The van der Waals surface area contributed by atoms with Crippen LogP contribution in [0.25, 0.3) is 0 Å². The highest BCUT2D eigenvalue weighted by Gasteiger charge is 2.10. The molecule has 3 N–H and O–H groups in total. The summed E-state index contributed by atoms with van der Waals surface area (Å²) in [7, 11) is 1.31. The Hall–Kier alpha value is -2.47. The number of benzene rings is 2. The molecule has 0 atom stereocenters. The molecular formula is C16H15NO4S. The van der Waals surface area contributed by atoms with Gasteiger partial charge in [0, 0.05) is 15.5 Å². The third kappa shape index (κ3) is 4.02. The number of carbonyl (C=O) groups is 2. The molecule has 0 spiro atoms. The molecule has 0 saturated heterocycles. The summed E-state index contributed by atoms with van der Waals surface area (Å²) in [5.74, 6) is -1.32. The molecule has 0 radical (unpaired) electrons. The van der Waals surface area contributed by atoms with E-state index >= 15 is 0 Å². The summed E-state index contributed by atoms with van der Waals surface area (Å²) in [4.78, 5) is 24.0. The van der Waals surface area contributed by atoms with Crippen molar-refractivity contribution >= 4 is 29.4 Å². The van der Waals surface area contributed by atoms with E-state index in [9.17, 15) is 9.59 Å². The minimum absolute atomic E-state index is 0.00568. The van der Waals surface area contributed by atoms with Gasteiger partial charge in [-0.2, -0.15) is 0 Å². The molecule has 0 saturated carbocycles. The zero-order valence-electron chi connectivity index (χ0n) is 11.9. The minimum Gasteiger partial charge on any atom is -0.481 e. The molecule has 0 aliphatic heterocycles. The molecular weight excluding hydrogens is 302 g/mol.